The second-order valence-corrected chi connectivity index (χ2v) is 9.85. The maximum absolute atomic E-state index is 13.3. The van der Waals surface area contributed by atoms with Crippen molar-refractivity contribution in [3.63, 3.8) is 0 Å². The van der Waals surface area contributed by atoms with Gasteiger partial charge < -0.3 is 29.2 Å². The zero-order valence-corrected chi connectivity index (χ0v) is 21.8. The number of piperazine rings is 1. The topological polar surface area (TPSA) is 113 Å². The normalized spacial score (nSPS) is 17.1. The third-order valence-corrected chi connectivity index (χ3v) is 7.39. The average Bonchev–Trinajstić information content (AvgIpc) is 3.42. The molecule has 10 nitrogen and oxygen atoms in total. The average molecular weight is 528 g/mol. The quantitative estimate of drug-likeness (QED) is 0.364. The number of rotatable bonds is 6. The van der Waals surface area contributed by atoms with Gasteiger partial charge in [-0.1, -0.05) is 0 Å². The summed E-state index contributed by atoms with van der Waals surface area (Å²) in [7, 11) is 3.76. The molecule has 1 fully saturated rings. The molecule has 10 heteroatoms. The van der Waals surface area contributed by atoms with E-state index in [1.54, 1.807) is 25.6 Å². The van der Waals surface area contributed by atoms with Gasteiger partial charge in [-0.2, -0.15) is 0 Å². The van der Waals surface area contributed by atoms with E-state index in [1.807, 2.05) is 18.2 Å². The molecular weight excluding hydrogens is 498 g/mol. The number of methoxy groups -OCH3 is 1. The lowest BCUT2D eigenvalue weighted by Crippen LogP contribution is -2.45. The van der Waals surface area contributed by atoms with E-state index in [0.717, 1.165) is 66.5 Å². The van der Waals surface area contributed by atoms with E-state index in [-0.39, 0.29) is 28.6 Å². The third-order valence-electron chi connectivity index (χ3n) is 7.39. The molecule has 2 aromatic heterocycles. The van der Waals surface area contributed by atoms with Gasteiger partial charge in [-0.25, -0.2) is 9.97 Å². The molecule has 0 unspecified atom stereocenters. The van der Waals surface area contributed by atoms with Crippen LogP contribution in [0.3, 0.4) is 0 Å². The number of aromatic nitrogens is 3. The number of likely N-dealkylation sites (N-methyl/N-ethyl adjacent to an activating group) is 1. The number of benzene rings is 2. The van der Waals surface area contributed by atoms with Gasteiger partial charge >= 0.3 is 0 Å². The van der Waals surface area contributed by atoms with E-state index < -0.39 is 5.78 Å². The fraction of sp³-hybridized carbons (Fsp3) is 0.276. The van der Waals surface area contributed by atoms with Crippen molar-refractivity contribution < 1.29 is 24.5 Å². The Morgan fingerprint density at radius 3 is 2.56 bits per heavy atom. The summed E-state index contributed by atoms with van der Waals surface area (Å²) in [6.07, 6.45) is 6.68. The van der Waals surface area contributed by atoms with E-state index in [9.17, 15) is 15.0 Å². The van der Waals surface area contributed by atoms with Crippen molar-refractivity contribution in [1.29, 1.82) is 0 Å². The summed E-state index contributed by atoms with van der Waals surface area (Å²) in [6, 6.07) is 8.33. The highest BCUT2D eigenvalue weighted by molar-refractivity contribution is 6.17. The zero-order chi connectivity index (χ0) is 27.1. The van der Waals surface area contributed by atoms with Gasteiger partial charge in [0.1, 0.15) is 34.9 Å². The molecule has 2 aliphatic heterocycles. The van der Waals surface area contributed by atoms with Crippen LogP contribution in [-0.2, 0) is 6.54 Å². The second kappa shape index (κ2) is 10.0. The smallest absolute Gasteiger partial charge is 0.235 e. The molecule has 2 aliphatic rings. The Morgan fingerprint density at radius 1 is 1.05 bits per heavy atom. The Morgan fingerprint density at radius 2 is 1.82 bits per heavy atom. The summed E-state index contributed by atoms with van der Waals surface area (Å²) in [6.45, 7) is 5.63. The predicted octanol–water partition coefficient (Wildman–Crippen LogP) is 3.38. The van der Waals surface area contributed by atoms with Gasteiger partial charge in [-0.15, -0.1) is 0 Å². The number of fused-ring (bicyclic) bond motifs is 2. The molecule has 0 radical (unpaired) electrons. The first-order valence-electron chi connectivity index (χ1n) is 12.8. The fourth-order valence-electron chi connectivity index (χ4n) is 5.32. The van der Waals surface area contributed by atoms with Crippen LogP contribution in [0.1, 0.15) is 15.9 Å². The van der Waals surface area contributed by atoms with Crippen LogP contribution in [0.4, 0.5) is 0 Å². The minimum Gasteiger partial charge on any atom is -0.508 e. The maximum Gasteiger partial charge on any atom is 0.235 e. The van der Waals surface area contributed by atoms with Crippen LogP contribution in [0.25, 0.3) is 28.2 Å². The molecule has 0 aliphatic carbocycles. The summed E-state index contributed by atoms with van der Waals surface area (Å²) in [5, 5.41) is 21.1. The number of Topliss-reactive ketones (excluding diaryl/α,β-unsaturated/α-hetero) is 1. The van der Waals surface area contributed by atoms with Crippen molar-refractivity contribution in [2.24, 2.45) is 0 Å². The molecule has 2 aromatic carbocycles. The number of hydrogen-bond acceptors (Lipinski definition) is 9. The number of hydrogen-bond donors (Lipinski definition) is 2. The van der Waals surface area contributed by atoms with Crippen molar-refractivity contribution in [2.75, 3.05) is 46.9 Å². The molecule has 0 bridgehead atoms. The summed E-state index contributed by atoms with van der Waals surface area (Å²) >= 11 is 0. The number of phenols is 2. The van der Waals surface area contributed by atoms with Gasteiger partial charge in [-0.3, -0.25) is 9.69 Å². The lowest BCUT2D eigenvalue weighted by Gasteiger charge is -2.32. The largest absolute Gasteiger partial charge is 0.508 e. The Bertz CT molecular complexity index is 1590. The molecule has 0 amide bonds. The highest BCUT2D eigenvalue weighted by Gasteiger charge is 2.32. The van der Waals surface area contributed by atoms with Crippen LogP contribution in [0.2, 0.25) is 0 Å². The van der Waals surface area contributed by atoms with Gasteiger partial charge in [0.2, 0.25) is 5.78 Å². The highest BCUT2D eigenvalue weighted by atomic mass is 16.5. The van der Waals surface area contributed by atoms with Gasteiger partial charge in [0, 0.05) is 85.8 Å². The molecule has 4 aromatic rings. The predicted molar refractivity (Wildman–Crippen MR) is 146 cm³/mol. The molecule has 39 heavy (non-hydrogen) atoms. The highest BCUT2D eigenvalue weighted by Crippen LogP contribution is 2.43. The Kier molecular flexibility index (Phi) is 6.41. The number of nitrogens with zero attached hydrogens (tertiary/aromatic N) is 5. The molecule has 2 N–H and O–H groups in total. The van der Waals surface area contributed by atoms with Crippen LogP contribution in [0, 0.1) is 0 Å². The van der Waals surface area contributed by atoms with Gasteiger partial charge in [0.05, 0.1) is 12.8 Å². The van der Waals surface area contributed by atoms with E-state index in [2.05, 4.69) is 31.4 Å². The van der Waals surface area contributed by atoms with E-state index in [1.165, 1.54) is 12.4 Å². The summed E-state index contributed by atoms with van der Waals surface area (Å²) < 4.78 is 13.6. The van der Waals surface area contributed by atoms with Crippen molar-refractivity contribution in [1.82, 2.24) is 24.3 Å². The number of allylic oxidation sites excluding steroid dienone is 1. The monoisotopic (exact) mass is 527 g/mol. The van der Waals surface area contributed by atoms with Crippen LogP contribution < -0.4 is 9.47 Å². The molecule has 6 rings (SSSR count). The Balaban J connectivity index is 1.51. The van der Waals surface area contributed by atoms with Crippen LogP contribution >= 0.6 is 0 Å². The number of ketones is 1. The van der Waals surface area contributed by atoms with E-state index >= 15 is 0 Å². The number of aromatic hydroxyl groups is 2. The Hall–Kier alpha value is -4.41. The van der Waals surface area contributed by atoms with Gasteiger partial charge in [0.15, 0.2) is 5.76 Å². The second-order valence-electron chi connectivity index (χ2n) is 9.85. The van der Waals surface area contributed by atoms with E-state index in [0.29, 0.717) is 12.3 Å². The van der Waals surface area contributed by atoms with Crippen LogP contribution in [0.5, 0.6) is 23.0 Å². The van der Waals surface area contributed by atoms with Crippen molar-refractivity contribution >= 4 is 22.8 Å². The molecule has 0 atom stereocenters. The number of phenolic OH excluding ortho intramolecular Hbond substituents is 2. The molecule has 4 heterocycles. The third kappa shape index (κ3) is 4.58. The lowest BCUT2D eigenvalue weighted by molar-refractivity contribution is 0.101. The first-order chi connectivity index (χ1) is 18.9. The van der Waals surface area contributed by atoms with E-state index in [4.69, 9.17) is 9.47 Å². The van der Waals surface area contributed by atoms with Crippen LogP contribution in [-0.4, -0.2) is 87.2 Å². The van der Waals surface area contributed by atoms with Crippen LogP contribution in [0.15, 0.2) is 54.8 Å². The molecule has 1 saturated heterocycles. The Labute approximate surface area is 225 Å². The van der Waals surface area contributed by atoms with Gasteiger partial charge in [-0.05, 0) is 31.3 Å². The summed E-state index contributed by atoms with van der Waals surface area (Å²) in [5.74, 6) is -0.133. The number of ether oxygens (including phenoxy) is 2. The van der Waals surface area contributed by atoms with Crippen molar-refractivity contribution in [3.05, 3.63) is 65.9 Å². The number of carbonyl (C=O) groups excluding carboxylic acids is 1. The number of carbonyl (C=O) groups is 1. The fourth-order valence-corrected chi connectivity index (χ4v) is 5.32. The summed E-state index contributed by atoms with van der Waals surface area (Å²) in [5.41, 5.74) is 3.39. The van der Waals surface area contributed by atoms with Crippen molar-refractivity contribution in [2.45, 2.75) is 6.54 Å². The SMILES string of the molecule is COc1ccc2c(c1)c(/C=C1\Oc3cc(O)cc(O)c3C1=O)c(-c1cncnc1)n2CCN1CCN(C)CC1. The molecule has 0 spiro atoms. The standard InChI is InChI=1S/C29H29N5O5/c1-32-5-7-33(8-6-32)9-10-34-23-4-3-20(38-2)13-21(23)22(28(34)18-15-30-17-31-16-18)14-26-29(37)27-24(36)11-19(35)12-25(27)39-26/h3-4,11-17,35-36H,5-10H2,1-2H3/b26-14-. The molecule has 200 valence electrons. The maximum atomic E-state index is 13.3. The first kappa shape index (κ1) is 24.9. The van der Waals surface area contributed by atoms with Crippen molar-refractivity contribution in [3.8, 4) is 34.3 Å². The first-order valence-corrected chi connectivity index (χ1v) is 12.8. The molecule has 0 saturated carbocycles. The minimum absolute atomic E-state index is 0.0278. The summed E-state index contributed by atoms with van der Waals surface area (Å²) in [4.78, 5) is 26.6. The molecular formula is C29H29N5O5. The lowest BCUT2D eigenvalue weighted by atomic mass is 10.0. The zero-order valence-electron chi connectivity index (χ0n) is 21.8. The van der Waals surface area contributed by atoms with Gasteiger partial charge in [0.25, 0.3) is 0 Å². The minimum atomic E-state index is -0.459.